The van der Waals surface area contributed by atoms with E-state index >= 15 is 0 Å². The van der Waals surface area contributed by atoms with Gasteiger partial charge >= 0.3 is 0 Å². The number of halogens is 1. The molecule has 40 heavy (non-hydrogen) atoms. The van der Waals surface area contributed by atoms with Crippen molar-refractivity contribution in [3.8, 4) is 5.75 Å². The van der Waals surface area contributed by atoms with Crippen LogP contribution in [-0.2, 0) is 21.9 Å². The van der Waals surface area contributed by atoms with Gasteiger partial charge in [0.25, 0.3) is 5.91 Å². The van der Waals surface area contributed by atoms with E-state index in [1.165, 1.54) is 11.1 Å². The number of sulfonamides is 1. The molecule has 2 aromatic carbocycles. The third-order valence-electron chi connectivity index (χ3n) is 10.3. The quantitative estimate of drug-likeness (QED) is 0.466. The Morgan fingerprint density at radius 2 is 1.90 bits per heavy atom. The molecule has 214 valence electrons. The van der Waals surface area contributed by atoms with Gasteiger partial charge in [0.1, 0.15) is 5.75 Å². The Bertz CT molecular complexity index is 1450. The summed E-state index contributed by atoms with van der Waals surface area (Å²) in [6, 6.07) is 11.5. The molecule has 1 spiro atoms. The summed E-state index contributed by atoms with van der Waals surface area (Å²) in [4.78, 5) is 15.5. The van der Waals surface area contributed by atoms with E-state index in [1.807, 2.05) is 12.1 Å². The lowest BCUT2D eigenvalue weighted by atomic mass is 9.68. The summed E-state index contributed by atoms with van der Waals surface area (Å²) < 4.78 is 34.5. The standard InChI is InChI=1S/C31H37ClN2O5S/c32-24-6-8-26-20(13-24)2-1-11-31(26)17-34-15-22-3-7-25(22)28(35)9-4-19-12-23(19)16-40(37,38)33-30(36)21-5-10-29(39-18-31)27(34)14-21/h5-6,8,10,13-14,19,22-23,25,28,35H,1-4,7,9,11-12,15-18H2,(H,33,36)/t19-,22+,23-,25-,28+,31+/m1/s1. The van der Waals surface area contributed by atoms with Gasteiger partial charge in [-0.1, -0.05) is 17.7 Å². The molecule has 3 aliphatic carbocycles. The molecule has 1 amide bonds. The predicted molar refractivity (Wildman–Crippen MR) is 155 cm³/mol. The number of fused-ring (bicyclic) bond motifs is 5. The molecule has 0 aromatic heterocycles. The number of anilines is 1. The number of carbonyl (C=O) groups is 1. The highest BCUT2D eigenvalue weighted by Crippen LogP contribution is 2.48. The molecule has 6 atom stereocenters. The Balaban J connectivity index is 1.28. The summed E-state index contributed by atoms with van der Waals surface area (Å²) in [7, 11) is -3.76. The first-order valence-electron chi connectivity index (χ1n) is 14.7. The number of rotatable bonds is 0. The number of aryl methyl sites for hydroxylation is 1. The fraction of sp³-hybridized carbons (Fsp3) is 0.581. The average molecular weight is 585 g/mol. The van der Waals surface area contributed by atoms with Gasteiger partial charge in [-0.25, -0.2) is 13.1 Å². The number of benzene rings is 2. The number of ether oxygens (including phenoxy) is 1. The molecule has 0 unspecified atom stereocenters. The summed E-state index contributed by atoms with van der Waals surface area (Å²) in [6.07, 6.45) is 7.11. The normalized spacial score (nSPS) is 34.7. The van der Waals surface area contributed by atoms with Gasteiger partial charge in [-0.2, -0.15) is 0 Å². The topological polar surface area (TPSA) is 95.9 Å². The smallest absolute Gasteiger partial charge is 0.264 e. The van der Waals surface area contributed by atoms with E-state index in [0.29, 0.717) is 36.2 Å². The molecule has 5 aliphatic rings. The first-order chi connectivity index (χ1) is 19.2. The van der Waals surface area contributed by atoms with Crippen molar-refractivity contribution in [2.24, 2.45) is 23.7 Å². The Kier molecular flexibility index (Phi) is 6.59. The van der Waals surface area contributed by atoms with Crippen molar-refractivity contribution in [1.82, 2.24) is 4.72 Å². The maximum Gasteiger partial charge on any atom is 0.264 e. The minimum atomic E-state index is -3.76. The van der Waals surface area contributed by atoms with E-state index in [-0.39, 0.29) is 29.1 Å². The molecule has 2 bridgehead atoms. The fourth-order valence-electron chi connectivity index (χ4n) is 7.86. The number of amides is 1. The van der Waals surface area contributed by atoms with Gasteiger partial charge in [-0.15, -0.1) is 0 Å². The highest BCUT2D eigenvalue weighted by molar-refractivity contribution is 7.90. The Morgan fingerprint density at radius 1 is 1.05 bits per heavy atom. The number of nitrogens with one attached hydrogen (secondary N) is 1. The van der Waals surface area contributed by atoms with E-state index in [2.05, 4.69) is 21.8 Å². The van der Waals surface area contributed by atoms with Crippen LogP contribution in [0.2, 0.25) is 5.02 Å². The predicted octanol–water partition coefficient (Wildman–Crippen LogP) is 4.69. The summed E-state index contributed by atoms with van der Waals surface area (Å²) in [5.74, 6) is 1.02. The minimum Gasteiger partial charge on any atom is -0.490 e. The molecule has 2 aliphatic heterocycles. The van der Waals surface area contributed by atoms with Crippen LogP contribution in [0.25, 0.3) is 0 Å². The number of nitrogens with zero attached hydrogens (tertiary/aromatic N) is 1. The van der Waals surface area contributed by atoms with Crippen molar-refractivity contribution >= 4 is 33.2 Å². The van der Waals surface area contributed by atoms with Gasteiger partial charge in [0.05, 0.1) is 24.2 Å². The van der Waals surface area contributed by atoms with Gasteiger partial charge in [0, 0.05) is 29.1 Å². The molecular weight excluding hydrogens is 548 g/mol. The first-order valence-corrected chi connectivity index (χ1v) is 16.8. The molecule has 2 aromatic rings. The highest BCUT2D eigenvalue weighted by Gasteiger charge is 2.46. The van der Waals surface area contributed by atoms with Crippen molar-refractivity contribution in [3.63, 3.8) is 0 Å². The SMILES string of the molecule is O=C1NS(=O)(=O)C[C@H]2C[C@H]2CC[C@H](O)[C@@H]2CC[C@H]2CN2C[C@@]3(CCCc4cc(Cl)ccc43)COc3ccc1cc32. The Morgan fingerprint density at radius 3 is 2.73 bits per heavy atom. The summed E-state index contributed by atoms with van der Waals surface area (Å²) >= 11 is 6.38. The van der Waals surface area contributed by atoms with E-state index in [0.717, 1.165) is 68.7 Å². The second-order valence-electron chi connectivity index (χ2n) is 12.9. The zero-order valence-electron chi connectivity index (χ0n) is 22.6. The van der Waals surface area contributed by atoms with Gasteiger partial charge in [-0.3, -0.25) is 4.79 Å². The molecular formula is C31H37ClN2O5S. The van der Waals surface area contributed by atoms with Gasteiger partial charge in [0.2, 0.25) is 10.0 Å². The van der Waals surface area contributed by atoms with Crippen LogP contribution < -0.4 is 14.4 Å². The van der Waals surface area contributed by atoms with Crippen LogP contribution in [0.15, 0.2) is 36.4 Å². The van der Waals surface area contributed by atoms with Crippen molar-refractivity contribution in [2.75, 3.05) is 30.3 Å². The van der Waals surface area contributed by atoms with E-state index in [9.17, 15) is 18.3 Å². The lowest BCUT2D eigenvalue weighted by Gasteiger charge is -2.45. The van der Waals surface area contributed by atoms with E-state index < -0.39 is 15.9 Å². The lowest BCUT2D eigenvalue weighted by Crippen LogP contribution is -2.49. The Hall–Kier alpha value is -2.29. The fourth-order valence-corrected chi connectivity index (χ4v) is 9.51. The van der Waals surface area contributed by atoms with Gasteiger partial charge in [-0.05, 0) is 116 Å². The number of carbonyl (C=O) groups excluding carboxylic acids is 1. The monoisotopic (exact) mass is 584 g/mol. The molecule has 0 radical (unpaired) electrons. The summed E-state index contributed by atoms with van der Waals surface area (Å²) in [5, 5.41) is 11.9. The van der Waals surface area contributed by atoms with Gasteiger partial charge in [0.15, 0.2) is 0 Å². The molecule has 2 heterocycles. The highest BCUT2D eigenvalue weighted by atomic mass is 35.5. The van der Waals surface area contributed by atoms with Crippen LogP contribution in [0.5, 0.6) is 5.75 Å². The second kappa shape index (κ2) is 9.92. The maximum atomic E-state index is 13.2. The number of hydrogen-bond acceptors (Lipinski definition) is 6. The summed E-state index contributed by atoms with van der Waals surface area (Å²) in [6.45, 7) is 2.00. The first kappa shape index (κ1) is 26.6. The average Bonchev–Trinajstić information content (AvgIpc) is 3.65. The van der Waals surface area contributed by atoms with Crippen LogP contribution in [0.1, 0.15) is 66.4 Å². The maximum absolute atomic E-state index is 13.2. The third-order valence-corrected chi connectivity index (χ3v) is 11.9. The molecule has 2 N–H and O–H groups in total. The zero-order valence-corrected chi connectivity index (χ0v) is 24.2. The zero-order chi connectivity index (χ0) is 27.6. The van der Waals surface area contributed by atoms with Crippen molar-refractivity contribution < 1.29 is 23.1 Å². The molecule has 0 saturated heterocycles. The van der Waals surface area contributed by atoms with Gasteiger partial charge < -0.3 is 14.7 Å². The number of aliphatic hydroxyl groups is 1. The van der Waals surface area contributed by atoms with Crippen LogP contribution in [0, 0.1) is 23.7 Å². The van der Waals surface area contributed by atoms with Crippen LogP contribution in [-0.4, -0.2) is 51.0 Å². The van der Waals surface area contributed by atoms with Crippen LogP contribution >= 0.6 is 11.6 Å². The van der Waals surface area contributed by atoms with Crippen molar-refractivity contribution in [2.45, 2.75) is 62.9 Å². The largest absolute Gasteiger partial charge is 0.490 e. The van der Waals surface area contributed by atoms with E-state index in [4.69, 9.17) is 16.3 Å². The minimum absolute atomic E-state index is 0.0440. The van der Waals surface area contributed by atoms with E-state index in [1.54, 1.807) is 12.1 Å². The number of aliphatic hydroxyl groups excluding tert-OH is 1. The number of hydrogen-bond donors (Lipinski definition) is 2. The molecule has 2 saturated carbocycles. The Labute approximate surface area is 241 Å². The van der Waals surface area contributed by atoms with Crippen LogP contribution in [0.4, 0.5) is 5.69 Å². The third kappa shape index (κ3) is 4.90. The summed E-state index contributed by atoms with van der Waals surface area (Å²) in [5.41, 5.74) is 3.44. The second-order valence-corrected chi connectivity index (χ2v) is 15.1. The van der Waals surface area contributed by atoms with Crippen molar-refractivity contribution in [1.29, 1.82) is 0 Å². The van der Waals surface area contributed by atoms with Crippen LogP contribution in [0.3, 0.4) is 0 Å². The molecule has 7 rings (SSSR count). The molecule has 2 fully saturated rings. The molecule has 7 nitrogen and oxygen atoms in total. The van der Waals surface area contributed by atoms with Crippen molar-refractivity contribution in [3.05, 3.63) is 58.1 Å². The lowest BCUT2D eigenvalue weighted by molar-refractivity contribution is 0.00837. The molecule has 9 heteroatoms.